The third-order valence-corrected chi connectivity index (χ3v) is 4.86. The van der Waals surface area contributed by atoms with Gasteiger partial charge in [-0.3, -0.25) is 14.2 Å². The molecule has 0 spiro atoms. The third kappa shape index (κ3) is 2.76. The lowest BCUT2D eigenvalue weighted by molar-refractivity contribution is -0.111. The first-order chi connectivity index (χ1) is 11.7. The molecule has 120 valence electrons. The van der Waals surface area contributed by atoms with Gasteiger partial charge >= 0.3 is 0 Å². The Balaban J connectivity index is 1.61. The lowest BCUT2D eigenvalue weighted by atomic mass is 10.2. The van der Waals surface area contributed by atoms with Crippen molar-refractivity contribution in [1.29, 1.82) is 0 Å². The summed E-state index contributed by atoms with van der Waals surface area (Å²) in [5.74, 6) is 0.625. The summed E-state index contributed by atoms with van der Waals surface area (Å²) in [6.07, 6.45) is 5.06. The zero-order chi connectivity index (χ0) is 16.5. The number of aryl methyl sites for hydroxylation is 1. The third-order valence-electron chi connectivity index (χ3n) is 4.02. The van der Waals surface area contributed by atoms with Crippen molar-refractivity contribution in [2.75, 3.05) is 5.32 Å². The number of hydrogen-bond acceptors (Lipinski definition) is 4. The van der Waals surface area contributed by atoms with E-state index in [-0.39, 0.29) is 11.5 Å². The van der Waals surface area contributed by atoms with Gasteiger partial charge in [0.1, 0.15) is 5.82 Å². The molecule has 24 heavy (non-hydrogen) atoms. The number of hydrogen-bond donors (Lipinski definition) is 1. The minimum atomic E-state index is -0.225. The molecule has 6 heteroatoms. The second kappa shape index (κ2) is 6.05. The van der Waals surface area contributed by atoms with Gasteiger partial charge in [0.25, 0.3) is 5.56 Å². The number of anilines is 1. The van der Waals surface area contributed by atoms with Gasteiger partial charge in [-0.25, -0.2) is 4.98 Å². The average molecular weight is 337 g/mol. The first-order valence-electron chi connectivity index (χ1n) is 7.77. The fourth-order valence-electron chi connectivity index (χ4n) is 2.89. The number of benzene rings is 1. The SMILES string of the molecule is O=C(C=Cc1cccs1)Nc1ccc2nc3n(c(=O)c2c1)CCC3. The van der Waals surface area contributed by atoms with Gasteiger partial charge in [0.2, 0.25) is 5.91 Å². The highest BCUT2D eigenvalue weighted by molar-refractivity contribution is 7.10. The van der Waals surface area contributed by atoms with Gasteiger partial charge in [-0.1, -0.05) is 6.07 Å². The van der Waals surface area contributed by atoms with Crippen molar-refractivity contribution in [3.05, 3.63) is 62.8 Å². The Morgan fingerprint density at radius 1 is 1.33 bits per heavy atom. The second-order valence-corrected chi connectivity index (χ2v) is 6.64. The highest BCUT2D eigenvalue weighted by Gasteiger charge is 2.16. The molecule has 0 unspecified atom stereocenters. The van der Waals surface area contributed by atoms with Crippen LogP contribution in [0.5, 0.6) is 0 Å². The van der Waals surface area contributed by atoms with E-state index in [4.69, 9.17) is 0 Å². The molecule has 0 saturated heterocycles. The number of thiophene rings is 1. The van der Waals surface area contributed by atoms with Crippen LogP contribution in [0, 0.1) is 0 Å². The molecule has 0 saturated carbocycles. The molecule has 2 aromatic heterocycles. The van der Waals surface area contributed by atoms with Gasteiger partial charge in [0.15, 0.2) is 0 Å². The highest BCUT2D eigenvalue weighted by Crippen LogP contribution is 2.18. The van der Waals surface area contributed by atoms with Gasteiger partial charge < -0.3 is 5.32 Å². The molecule has 3 heterocycles. The van der Waals surface area contributed by atoms with Crippen LogP contribution in [0.3, 0.4) is 0 Å². The van der Waals surface area contributed by atoms with Crippen molar-refractivity contribution >= 4 is 39.9 Å². The van der Waals surface area contributed by atoms with E-state index in [9.17, 15) is 9.59 Å². The maximum Gasteiger partial charge on any atom is 0.261 e. The smallest absolute Gasteiger partial charge is 0.261 e. The first-order valence-corrected chi connectivity index (χ1v) is 8.65. The monoisotopic (exact) mass is 337 g/mol. The van der Waals surface area contributed by atoms with Crippen molar-refractivity contribution in [3.63, 3.8) is 0 Å². The summed E-state index contributed by atoms with van der Waals surface area (Å²) < 4.78 is 1.73. The normalized spacial score (nSPS) is 13.5. The van der Waals surface area contributed by atoms with Gasteiger partial charge in [-0.05, 0) is 42.1 Å². The predicted molar refractivity (Wildman–Crippen MR) is 96.3 cm³/mol. The summed E-state index contributed by atoms with van der Waals surface area (Å²) in [5.41, 5.74) is 1.25. The van der Waals surface area contributed by atoms with Crippen LogP contribution < -0.4 is 10.9 Å². The number of rotatable bonds is 3. The van der Waals surface area contributed by atoms with E-state index in [1.54, 1.807) is 40.2 Å². The van der Waals surface area contributed by atoms with Crippen LogP contribution in [0.25, 0.3) is 17.0 Å². The van der Waals surface area contributed by atoms with Crippen molar-refractivity contribution in [2.45, 2.75) is 19.4 Å². The molecule has 1 aliphatic rings. The number of nitrogens with zero attached hydrogens (tertiary/aromatic N) is 2. The minimum absolute atomic E-state index is 0.0299. The van der Waals surface area contributed by atoms with Gasteiger partial charge in [-0.15, -0.1) is 11.3 Å². The molecule has 4 rings (SSSR count). The van der Waals surface area contributed by atoms with Gasteiger partial charge in [0, 0.05) is 29.6 Å². The lowest BCUT2D eigenvalue weighted by Gasteiger charge is -2.07. The molecule has 5 nitrogen and oxygen atoms in total. The molecule has 1 N–H and O–H groups in total. The highest BCUT2D eigenvalue weighted by atomic mass is 32.1. The quantitative estimate of drug-likeness (QED) is 0.747. The van der Waals surface area contributed by atoms with Crippen molar-refractivity contribution in [1.82, 2.24) is 9.55 Å². The standard InChI is InChI=1S/C18H15N3O2S/c22-17(8-6-13-3-2-10-24-13)19-12-5-7-15-14(11-12)18(23)21-9-1-4-16(21)20-15/h2-3,5-8,10-11H,1,4,9H2,(H,19,22). The van der Waals surface area contributed by atoms with E-state index in [1.807, 2.05) is 17.5 Å². The molecule has 1 aromatic carbocycles. The molecular weight excluding hydrogens is 322 g/mol. The zero-order valence-electron chi connectivity index (χ0n) is 12.9. The number of aromatic nitrogens is 2. The first kappa shape index (κ1) is 14.8. The molecule has 0 aliphatic carbocycles. The van der Waals surface area contributed by atoms with E-state index in [0.29, 0.717) is 16.6 Å². The van der Waals surface area contributed by atoms with Crippen molar-refractivity contribution in [3.8, 4) is 0 Å². The lowest BCUT2D eigenvalue weighted by Crippen LogP contribution is -2.21. The summed E-state index contributed by atoms with van der Waals surface area (Å²) in [4.78, 5) is 30.1. The second-order valence-electron chi connectivity index (χ2n) is 5.66. The van der Waals surface area contributed by atoms with Crippen LogP contribution in [0.15, 0.2) is 46.6 Å². The molecular formula is C18H15N3O2S. The van der Waals surface area contributed by atoms with E-state index >= 15 is 0 Å². The van der Waals surface area contributed by atoms with Crippen LogP contribution in [-0.2, 0) is 17.8 Å². The largest absolute Gasteiger partial charge is 0.322 e. The Morgan fingerprint density at radius 3 is 3.08 bits per heavy atom. The summed E-state index contributed by atoms with van der Waals surface area (Å²) >= 11 is 1.57. The molecule has 1 aliphatic heterocycles. The van der Waals surface area contributed by atoms with E-state index < -0.39 is 0 Å². The van der Waals surface area contributed by atoms with E-state index in [2.05, 4.69) is 10.3 Å². The summed E-state index contributed by atoms with van der Waals surface area (Å²) in [7, 11) is 0. The summed E-state index contributed by atoms with van der Waals surface area (Å²) in [5, 5.41) is 5.29. The molecule has 3 aromatic rings. The zero-order valence-corrected chi connectivity index (χ0v) is 13.7. The number of amides is 1. The van der Waals surface area contributed by atoms with Crippen LogP contribution in [0.1, 0.15) is 17.1 Å². The van der Waals surface area contributed by atoms with E-state index in [1.165, 1.54) is 6.08 Å². The summed E-state index contributed by atoms with van der Waals surface area (Å²) in [6, 6.07) is 9.14. The molecule has 0 fully saturated rings. The van der Waals surface area contributed by atoms with Crippen molar-refractivity contribution in [2.24, 2.45) is 0 Å². The predicted octanol–water partition coefficient (Wildman–Crippen LogP) is 3.06. The Hall–Kier alpha value is -2.73. The fraction of sp³-hybridized carbons (Fsp3) is 0.167. The van der Waals surface area contributed by atoms with Gasteiger partial charge in [0.05, 0.1) is 10.9 Å². The van der Waals surface area contributed by atoms with Crippen molar-refractivity contribution < 1.29 is 4.79 Å². The summed E-state index contributed by atoms with van der Waals surface area (Å²) in [6.45, 7) is 0.719. The number of nitrogens with one attached hydrogen (secondary N) is 1. The maximum absolute atomic E-state index is 12.5. The Labute approximate surface area is 142 Å². The van der Waals surface area contributed by atoms with Crippen LogP contribution in [0.2, 0.25) is 0 Å². The maximum atomic E-state index is 12.5. The average Bonchev–Trinajstić information content (AvgIpc) is 3.25. The van der Waals surface area contributed by atoms with Crippen LogP contribution in [0.4, 0.5) is 5.69 Å². The van der Waals surface area contributed by atoms with Gasteiger partial charge in [-0.2, -0.15) is 0 Å². The Bertz CT molecular complexity index is 1000. The molecule has 0 atom stereocenters. The van der Waals surface area contributed by atoms with E-state index in [0.717, 1.165) is 30.1 Å². The van der Waals surface area contributed by atoms with Crippen LogP contribution in [-0.4, -0.2) is 15.5 Å². The number of carbonyl (C=O) groups excluding carboxylic acids is 1. The topological polar surface area (TPSA) is 64.0 Å². The Kier molecular flexibility index (Phi) is 3.74. The number of fused-ring (bicyclic) bond motifs is 2. The fourth-order valence-corrected chi connectivity index (χ4v) is 3.51. The number of carbonyl (C=O) groups is 1. The molecule has 1 amide bonds. The minimum Gasteiger partial charge on any atom is -0.322 e. The Morgan fingerprint density at radius 2 is 2.25 bits per heavy atom. The van der Waals surface area contributed by atoms with Crippen LogP contribution >= 0.6 is 11.3 Å². The molecule has 0 bridgehead atoms. The molecule has 0 radical (unpaired) electrons.